The molecule has 3 aromatic carbocycles. The quantitative estimate of drug-likeness (QED) is 0.590. The van der Waals surface area contributed by atoms with Gasteiger partial charge in [-0.05, 0) is 11.1 Å². The molecule has 2 heterocycles. The van der Waals surface area contributed by atoms with Gasteiger partial charge in [0.25, 0.3) is 0 Å². The number of rotatable bonds is 7. The zero-order valence-electron chi connectivity index (χ0n) is 18.2. The van der Waals surface area contributed by atoms with E-state index in [2.05, 4.69) is 0 Å². The van der Waals surface area contributed by atoms with Crippen LogP contribution in [0.15, 0.2) is 91.0 Å². The van der Waals surface area contributed by atoms with Crippen LogP contribution >= 0.6 is 0 Å². The highest BCUT2D eigenvalue weighted by Crippen LogP contribution is 2.36. The fourth-order valence-electron chi connectivity index (χ4n) is 4.24. The van der Waals surface area contributed by atoms with Crippen molar-refractivity contribution in [1.82, 2.24) is 0 Å². The summed E-state index contributed by atoms with van der Waals surface area (Å²) >= 11 is 0. The third-order valence-electron chi connectivity index (χ3n) is 5.94. The van der Waals surface area contributed by atoms with Gasteiger partial charge in [0, 0.05) is 5.56 Å². The number of hydrogen-bond acceptors (Lipinski definition) is 6. The normalized spacial score (nSPS) is 29.4. The molecule has 1 N–H and O–H groups in total. The first-order chi connectivity index (χ1) is 16.3. The highest BCUT2D eigenvalue weighted by molar-refractivity contribution is 5.17. The van der Waals surface area contributed by atoms with Gasteiger partial charge in [-0.1, -0.05) is 91.0 Å². The maximum absolute atomic E-state index is 10.8. The topological polar surface area (TPSA) is 66.4 Å². The van der Waals surface area contributed by atoms with E-state index in [0.717, 1.165) is 16.7 Å². The van der Waals surface area contributed by atoms with E-state index in [9.17, 15) is 5.11 Å². The second kappa shape index (κ2) is 10.6. The summed E-state index contributed by atoms with van der Waals surface area (Å²) in [5.41, 5.74) is 2.96. The van der Waals surface area contributed by atoms with Crippen molar-refractivity contribution < 1.29 is 28.8 Å². The molecule has 2 unspecified atom stereocenters. The predicted octanol–water partition coefficient (Wildman–Crippen LogP) is 3.99. The molecule has 0 amide bonds. The van der Waals surface area contributed by atoms with Crippen LogP contribution in [0.3, 0.4) is 0 Å². The smallest absolute Gasteiger partial charge is 0.184 e. The van der Waals surface area contributed by atoms with Crippen LogP contribution < -0.4 is 0 Å². The number of ether oxygens (including phenoxy) is 5. The monoisotopic (exact) mass is 448 g/mol. The van der Waals surface area contributed by atoms with Gasteiger partial charge < -0.3 is 28.8 Å². The number of aliphatic hydroxyl groups is 1. The van der Waals surface area contributed by atoms with Crippen molar-refractivity contribution in [2.75, 3.05) is 6.61 Å². The molecule has 2 aliphatic rings. The van der Waals surface area contributed by atoms with Gasteiger partial charge in [-0.25, -0.2) is 0 Å². The summed E-state index contributed by atoms with van der Waals surface area (Å²) in [6.45, 7) is 0.984. The summed E-state index contributed by atoms with van der Waals surface area (Å²) < 4.78 is 30.6. The molecule has 0 bridgehead atoms. The van der Waals surface area contributed by atoms with Crippen LogP contribution in [-0.2, 0) is 36.9 Å². The van der Waals surface area contributed by atoms with Crippen molar-refractivity contribution in [3.05, 3.63) is 108 Å². The Kier molecular flexibility index (Phi) is 7.12. The highest BCUT2D eigenvalue weighted by Gasteiger charge is 2.51. The minimum absolute atomic E-state index is 0.290. The second-order valence-corrected chi connectivity index (χ2v) is 8.26. The molecule has 0 spiro atoms. The largest absolute Gasteiger partial charge is 0.368 e. The van der Waals surface area contributed by atoms with Gasteiger partial charge in [0.05, 0.1) is 19.8 Å². The summed E-state index contributed by atoms with van der Waals surface area (Å²) in [4.78, 5) is 0. The molecule has 0 radical (unpaired) electrons. The van der Waals surface area contributed by atoms with Crippen LogP contribution in [0.1, 0.15) is 23.0 Å². The van der Waals surface area contributed by atoms with E-state index < -0.39 is 37.0 Å². The highest BCUT2D eigenvalue weighted by atomic mass is 16.7. The minimum atomic E-state index is -1.16. The molecule has 2 aliphatic heterocycles. The minimum Gasteiger partial charge on any atom is -0.368 e. The van der Waals surface area contributed by atoms with Crippen LogP contribution in [0.2, 0.25) is 0 Å². The van der Waals surface area contributed by atoms with Crippen molar-refractivity contribution in [2.24, 2.45) is 0 Å². The first-order valence-corrected chi connectivity index (χ1v) is 11.2. The lowest BCUT2D eigenvalue weighted by Crippen LogP contribution is -2.63. The third kappa shape index (κ3) is 5.33. The molecule has 2 fully saturated rings. The Morgan fingerprint density at radius 1 is 0.697 bits per heavy atom. The summed E-state index contributed by atoms with van der Waals surface area (Å²) in [6.07, 6.45) is -3.88. The molecule has 6 heteroatoms. The molecule has 2 saturated heterocycles. The van der Waals surface area contributed by atoms with Gasteiger partial charge in [-0.3, -0.25) is 0 Å². The van der Waals surface area contributed by atoms with E-state index in [1.54, 1.807) is 0 Å². The van der Waals surface area contributed by atoms with E-state index in [0.29, 0.717) is 13.2 Å². The van der Waals surface area contributed by atoms with Gasteiger partial charge in [0.2, 0.25) is 0 Å². The maximum Gasteiger partial charge on any atom is 0.184 e. The van der Waals surface area contributed by atoms with Crippen molar-refractivity contribution >= 4 is 0 Å². The molecule has 3 aromatic rings. The molecule has 0 aliphatic carbocycles. The molecular formula is C27H28O6. The van der Waals surface area contributed by atoms with Gasteiger partial charge in [0.1, 0.15) is 24.4 Å². The fourth-order valence-corrected chi connectivity index (χ4v) is 4.24. The number of aliphatic hydroxyl groups excluding tert-OH is 1. The van der Waals surface area contributed by atoms with E-state index >= 15 is 0 Å². The molecular weight excluding hydrogens is 420 g/mol. The van der Waals surface area contributed by atoms with E-state index in [-0.39, 0.29) is 6.61 Å². The van der Waals surface area contributed by atoms with Crippen LogP contribution in [-0.4, -0.2) is 42.4 Å². The Morgan fingerprint density at radius 3 is 1.85 bits per heavy atom. The molecule has 0 aromatic heterocycles. The van der Waals surface area contributed by atoms with Crippen molar-refractivity contribution in [3.63, 3.8) is 0 Å². The first kappa shape index (κ1) is 22.2. The van der Waals surface area contributed by atoms with E-state index in [1.807, 2.05) is 91.0 Å². The Hall–Kier alpha value is -2.58. The third-order valence-corrected chi connectivity index (χ3v) is 5.94. The van der Waals surface area contributed by atoms with Gasteiger partial charge >= 0.3 is 0 Å². The zero-order chi connectivity index (χ0) is 22.5. The SMILES string of the molecule is OC1O[C@@H]2COC(c3ccccc3)O[C@H]2[C@H](OCc2ccccc2)[C@H]1OCc1ccccc1. The molecule has 5 rings (SSSR count). The van der Waals surface area contributed by atoms with Crippen LogP contribution in [0.5, 0.6) is 0 Å². The number of fused-ring (bicyclic) bond motifs is 1. The molecule has 33 heavy (non-hydrogen) atoms. The Bertz CT molecular complexity index is 983. The summed E-state index contributed by atoms with van der Waals surface area (Å²) in [5.74, 6) is 0. The van der Waals surface area contributed by atoms with Gasteiger partial charge in [-0.15, -0.1) is 0 Å². The molecule has 172 valence electrons. The van der Waals surface area contributed by atoms with Crippen molar-refractivity contribution in [2.45, 2.75) is 50.2 Å². The van der Waals surface area contributed by atoms with E-state index in [1.165, 1.54) is 0 Å². The lowest BCUT2D eigenvalue weighted by atomic mass is 9.97. The van der Waals surface area contributed by atoms with Crippen LogP contribution in [0.25, 0.3) is 0 Å². The Balaban J connectivity index is 1.36. The standard InChI is InChI=1S/C27H28O6/c28-26-25(30-17-20-12-6-2-7-13-20)24(29-16-19-10-4-1-5-11-19)23-22(32-26)18-31-27(33-23)21-14-8-3-9-15-21/h1-15,22-28H,16-18H2/t22-,23-,24+,25-,26?,27?/m1/s1. The van der Waals surface area contributed by atoms with Crippen LogP contribution in [0.4, 0.5) is 0 Å². The lowest BCUT2D eigenvalue weighted by molar-refractivity contribution is -0.366. The zero-order valence-corrected chi connectivity index (χ0v) is 18.2. The lowest BCUT2D eigenvalue weighted by Gasteiger charge is -2.47. The van der Waals surface area contributed by atoms with Gasteiger partial charge in [0.15, 0.2) is 12.6 Å². The predicted molar refractivity (Wildman–Crippen MR) is 121 cm³/mol. The summed E-state index contributed by atoms with van der Waals surface area (Å²) in [7, 11) is 0. The molecule has 0 saturated carbocycles. The average molecular weight is 449 g/mol. The fraction of sp³-hybridized carbons (Fsp3) is 0.333. The average Bonchev–Trinajstić information content (AvgIpc) is 2.88. The van der Waals surface area contributed by atoms with Crippen molar-refractivity contribution in [3.8, 4) is 0 Å². The number of benzene rings is 3. The number of hydrogen-bond donors (Lipinski definition) is 1. The van der Waals surface area contributed by atoms with Crippen molar-refractivity contribution in [1.29, 1.82) is 0 Å². The Labute approximate surface area is 193 Å². The Morgan fingerprint density at radius 2 is 1.24 bits per heavy atom. The maximum atomic E-state index is 10.8. The van der Waals surface area contributed by atoms with Crippen LogP contribution in [0, 0.1) is 0 Å². The molecule has 6 nitrogen and oxygen atoms in total. The van der Waals surface area contributed by atoms with E-state index in [4.69, 9.17) is 23.7 Å². The summed E-state index contributed by atoms with van der Waals surface area (Å²) in [5, 5.41) is 10.8. The summed E-state index contributed by atoms with van der Waals surface area (Å²) in [6, 6.07) is 29.5. The molecule has 6 atom stereocenters. The van der Waals surface area contributed by atoms with Gasteiger partial charge in [-0.2, -0.15) is 0 Å². The first-order valence-electron chi connectivity index (χ1n) is 11.2. The second-order valence-electron chi connectivity index (χ2n) is 8.26.